The fourth-order valence-corrected chi connectivity index (χ4v) is 2.83. The van der Waals surface area contributed by atoms with Crippen molar-refractivity contribution >= 4 is 6.09 Å². The van der Waals surface area contributed by atoms with Crippen LogP contribution >= 0.6 is 0 Å². The Kier molecular flexibility index (Phi) is 5.79. The summed E-state index contributed by atoms with van der Waals surface area (Å²) in [6, 6.07) is 5.91. The summed E-state index contributed by atoms with van der Waals surface area (Å²) >= 11 is 0. The molecule has 6 heteroatoms. The number of carbonyl (C=O) groups is 1. The summed E-state index contributed by atoms with van der Waals surface area (Å²) in [6.07, 6.45) is 2.27. The molecular formula is C18H26N4O2. The van der Waals surface area contributed by atoms with Gasteiger partial charge in [0.05, 0.1) is 6.07 Å². The van der Waals surface area contributed by atoms with Crippen LogP contribution in [0.3, 0.4) is 0 Å². The molecule has 0 radical (unpaired) electrons. The Morgan fingerprint density at radius 1 is 1.38 bits per heavy atom. The van der Waals surface area contributed by atoms with Gasteiger partial charge in [-0.15, -0.1) is 0 Å². The van der Waals surface area contributed by atoms with Crippen LogP contribution in [-0.2, 0) is 11.2 Å². The summed E-state index contributed by atoms with van der Waals surface area (Å²) < 4.78 is 5.41. The third-order valence-corrected chi connectivity index (χ3v) is 4.01. The number of rotatable bonds is 3. The van der Waals surface area contributed by atoms with Crippen LogP contribution in [0.1, 0.15) is 45.0 Å². The van der Waals surface area contributed by atoms with Gasteiger partial charge in [0.25, 0.3) is 0 Å². The van der Waals surface area contributed by atoms with E-state index in [-0.39, 0.29) is 12.1 Å². The molecule has 1 unspecified atom stereocenters. The topological polar surface area (TPSA) is 69.5 Å². The molecule has 0 aliphatic carbocycles. The average molecular weight is 330 g/mol. The summed E-state index contributed by atoms with van der Waals surface area (Å²) in [6.45, 7) is 10.1. The molecule has 0 spiro atoms. The SMILES string of the molecule is CCc1ncccc1C(C#N)N1CCN(C(=O)OC(C)(C)C)CC1. The van der Waals surface area contributed by atoms with Crippen molar-refractivity contribution in [1.82, 2.24) is 14.8 Å². The first kappa shape index (κ1) is 18.2. The van der Waals surface area contributed by atoms with Crippen molar-refractivity contribution in [2.24, 2.45) is 0 Å². The Morgan fingerprint density at radius 2 is 2.04 bits per heavy atom. The summed E-state index contributed by atoms with van der Waals surface area (Å²) in [4.78, 5) is 20.3. The van der Waals surface area contributed by atoms with Gasteiger partial charge in [-0.25, -0.2) is 4.79 Å². The Bertz CT molecular complexity index is 610. The summed E-state index contributed by atoms with van der Waals surface area (Å²) in [5.74, 6) is 0. The molecule has 1 saturated heterocycles. The van der Waals surface area contributed by atoms with Gasteiger partial charge in [0, 0.05) is 43.6 Å². The molecule has 24 heavy (non-hydrogen) atoms. The van der Waals surface area contributed by atoms with E-state index >= 15 is 0 Å². The fraction of sp³-hybridized carbons (Fsp3) is 0.611. The molecule has 1 aromatic heterocycles. The predicted octanol–water partition coefficient (Wildman–Crippen LogP) is 2.76. The molecule has 1 aliphatic rings. The van der Waals surface area contributed by atoms with Crippen molar-refractivity contribution < 1.29 is 9.53 Å². The highest BCUT2D eigenvalue weighted by Gasteiger charge is 2.30. The van der Waals surface area contributed by atoms with E-state index in [1.807, 2.05) is 39.8 Å². The van der Waals surface area contributed by atoms with Gasteiger partial charge in [-0.3, -0.25) is 9.88 Å². The number of ether oxygens (including phenoxy) is 1. The van der Waals surface area contributed by atoms with E-state index in [0.29, 0.717) is 26.2 Å². The van der Waals surface area contributed by atoms with Gasteiger partial charge >= 0.3 is 6.09 Å². The van der Waals surface area contributed by atoms with E-state index < -0.39 is 5.60 Å². The first-order chi connectivity index (χ1) is 11.4. The van der Waals surface area contributed by atoms with E-state index in [0.717, 1.165) is 17.7 Å². The third kappa shape index (κ3) is 4.45. The van der Waals surface area contributed by atoms with E-state index in [1.165, 1.54) is 0 Å². The van der Waals surface area contributed by atoms with E-state index in [2.05, 4.69) is 16.0 Å². The number of aryl methyl sites for hydroxylation is 1. The Labute approximate surface area is 144 Å². The Balaban J connectivity index is 2.03. The zero-order valence-electron chi connectivity index (χ0n) is 15.0. The number of hydrogen-bond donors (Lipinski definition) is 0. The van der Waals surface area contributed by atoms with Crippen LogP contribution < -0.4 is 0 Å². The number of piperazine rings is 1. The lowest BCUT2D eigenvalue weighted by Crippen LogP contribution is -2.50. The molecule has 0 N–H and O–H groups in total. The maximum atomic E-state index is 12.1. The van der Waals surface area contributed by atoms with Crippen LogP contribution in [0.5, 0.6) is 0 Å². The van der Waals surface area contributed by atoms with Crippen LogP contribution in [0.2, 0.25) is 0 Å². The molecule has 1 aliphatic heterocycles. The smallest absolute Gasteiger partial charge is 0.410 e. The molecule has 2 heterocycles. The maximum absolute atomic E-state index is 12.1. The minimum absolute atomic E-state index is 0.286. The number of pyridine rings is 1. The van der Waals surface area contributed by atoms with Gasteiger partial charge in [-0.1, -0.05) is 13.0 Å². The molecule has 1 aromatic rings. The highest BCUT2D eigenvalue weighted by Crippen LogP contribution is 2.24. The molecule has 1 atom stereocenters. The first-order valence-corrected chi connectivity index (χ1v) is 8.41. The second-order valence-electron chi connectivity index (χ2n) is 6.93. The molecule has 0 bridgehead atoms. The molecule has 130 valence electrons. The van der Waals surface area contributed by atoms with Gasteiger partial charge in [0.15, 0.2) is 0 Å². The molecule has 2 rings (SSSR count). The standard InChI is InChI=1S/C18H26N4O2/c1-5-15-14(7-6-8-20-15)16(13-19)21-9-11-22(12-10-21)17(23)24-18(2,3)4/h6-8,16H,5,9-12H2,1-4H3. The van der Waals surface area contributed by atoms with E-state index in [1.54, 1.807) is 11.1 Å². The summed E-state index contributed by atoms with van der Waals surface area (Å²) in [7, 11) is 0. The van der Waals surface area contributed by atoms with Gasteiger partial charge < -0.3 is 9.64 Å². The van der Waals surface area contributed by atoms with Gasteiger partial charge in [0.2, 0.25) is 0 Å². The number of amides is 1. The van der Waals surface area contributed by atoms with E-state index in [9.17, 15) is 10.1 Å². The monoisotopic (exact) mass is 330 g/mol. The number of nitriles is 1. The molecule has 6 nitrogen and oxygen atoms in total. The van der Waals surface area contributed by atoms with Crippen molar-refractivity contribution in [3.8, 4) is 6.07 Å². The highest BCUT2D eigenvalue weighted by atomic mass is 16.6. The Hall–Kier alpha value is -2.13. The molecular weight excluding hydrogens is 304 g/mol. The van der Waals surface area contributed by atoms with Crippen molar-refractivity contribution in [1.29, 1.82) is 5.26 Å². The highest BCUT2D eigenvalue weighted by molar-refractivity contribution is 5.68. The zero-order valence-corrected chi connectivity index (χ0v) is 15.0. The fourth-order valence-electron chi connectivity index (χ4n) is 2.83. The lowest BCUT2D eigenvalue weighted by Gasteiger charge is -2.37. The molecule has 0 aromatic carbocycles. The third-order valence-electron chi connectivity index (χ3n) is 4.01. The van der Waals surface area contributed by atoms with Crippen molar-refractivity contribution in [3.05, 3.63) is 29.6 Å². The van der Waals surface area contributed by atoms with Crippen LogP contribution in [-0.4, -0.2) is 52.7 Å². The summed E-state index contributed by atoms with van der Waals surface area (Å²) in [5.41, 5.74) is 1.43. The molecule has 1 amide bonds. The number of aromatic nitrogens is 1. The largest absolute Gasteiger partial charge is 0.444 e. The Morgan fingerprint density at radius 3 is 2.58 bits per heavy atom. The minimum Gasteiger partial charge on any atom is -0.444 e. The number of hydrogen-bond acceptors (Lipinski definition) is 5. The maximum Gasteiger partial charge on any atom is 0.410 e. The number of nitrogens with zero attached hydrogens (tertiary/aromatic N) is 4. The van der Waals surface area contributed by atoms with Crippen LogP contribution in [0.25, 0.3) is 0 Å². The van der Waals surface area contributed by atoms with Gasteiger partial charge in [0.1, 0.15) is 11.6 Å². The normalized spacial score (nSPS) is 17.2. The minimum atomic E-state index is -0.491. The first-order valence-electron chi connectivity index (χ1n) is 8.41. The lowest BCUT2D eigenvalue weighted by molar-refractivity contribution is 0.0124. The predicted molar refractivity (Wildman–Crippen MR) is 91.3 cm³/mol. The van der Waals surface area contributed by atoms with E-state index in [4.69, 9.17) is 4.74 Å². The molecule has 1 fully saturated rings. The van der Waals surface area contributed by atoms with Crippen molar-refractivity contribution in [3.63, 3.8) is 0 Å². The second kappa shape index (κ2) is 7.63. The lowest BCUT2D eigenvalue weighted by atomic mass is 10.0. The average Bonchev–Trinajstić information content (AvgIpc) is 2.55. The molecule has 0 saturated carbocycles. The summed E-state index contributed by atoms with van der Waals surface area (Å²) in [5, 5.41) is 9.65. The van der Waals surface area contributed by atoms with Crippen molar-refractivity contribution in [2.45, 2.75) is 45.8 Å². The zero-order chi connectivity index (χ0) is 17.7. The second-order valence-corrected chi connectivity index (χ2v) is 6.93. The van der Waals surface area contributed by atoms with Crippen LogP contribution in [0.15, 0.2) is 18.3 Å². The quantitative estimate of drug-likeness (QED) is 0.852. The number of carbonyl (C=O) groups excluding carboxylic acids is 1. The van der Waals surface area contributed by atoms with Crippen LogP contribution in [0.4, 0.5) is 4.79 Å². The van der Waals surface area contributed by atoms with Crippen molar-refractivity contribution in [2.75, 3.05) is 26.2 Å². The van der Waals surface area contributed by atoms with Gasteiger partial charge in [-0.05, 0) is 33.3 Å². The van der Waals surface area contributed by atoms with Gasteiger partial charge in [-0.2, -0.15) is 5.26 Å². The van der Waals surface area contributed by atoms with Crippen LogP contribution in [0, 0.1) is 11.3 Å².